The van der Waals surface area contributed by atoms with Crippen molar-refractivity contribution < 1.29 is 23.5 Å². The second kappa shape index (κ2) is 7.05. The van der Waals surface area contributed by atoms with E-state index in [1.807, 2.05) is 13.0 Å². The lowest BCUT2D eigenvalue weighted by Crippen LogP contribution is -2.24. The van der Waals surface area contributed by atoms with Crippen molar-refractivity contribution in [3.8, 4) is 5.75 Å². The van der Waals surface area contributed by atoms with Gasteiger partial charge in [0.15, 0.2) is 6.10 Å². The zero-order valence-corrected chi connectivity index (χ0v) is 13.1. The lowest BCUT2D eigenvalue weighted by Gasteiger charge is -2.14. The number of Topliss-reactive ketones (excluding diaryl/α,β-unsaturated/α-hetero) is 1. The molecule has 0 aliphatic carbocycles. The number of ether oxygens (including phenoxy) is 2. The number of esters is 1. The monoisotopic (exact) mass is 316 g/mol. The van der Waals surface area contributed by atoms with Crippen LogP contribution in [0.1, 0.15) is 33.2 Å². The molecule has 0 radical (unpaired) electrons. The number of carbonyl (C=O) groups excluding carboxylic acids is 2. The van der Waals surface area contributed by atoms with Crippen LogP contribution in [0, 0.1) is 12.7 Å². The molecule has 1 atom stereocenters. The minimum atomic E-state index is -0.988. The fourth-order valence-corrected chi connectivity index (χ4v) is 2.11. The summed E-state index contributed by atoms with van der Waals surface area (Å²) < 4.78 is 23.2. The van der Waals surface area contributed by atoms with Crippen LogP contribution in [0.3, 0.4) is 0 Å². The average molecular weight is 316 g/mol. The van der Waals surface area contributed by atoms with E-state index in [2.05, 4.69) is 0 Å². The molecule has 0 amide bonds. The minimum Gasteiger partial charge on any atom is -0.496 e. The van der Waals surface area contributed by atoms with Gasteiger partial charge >= 0.3 is 5.97 Å². The van der Waals surface area contributed by atoms with E-state index in [0.717, 1.165) is 5.56 Å². The molecule has 4 nitrogen and oxygen atoms in total. The molecule has 0 N–H and O–H groups in total. The van der Waals surface area contributed by atoms with Crippen molar-refractivity contribution in [3.05, 3.63) is 65.0 Å². The van der Waals surface area contributed by atoms with Crippen molar-refractivity contribution in [2.45, 2.75) is 20.0 Å². The Morgan fingerprint density at radius 1 is 1.09 bits per heavy atom. The van der Waals surface area contributed by atoms with Crippen LogP contribution >= 0.6 is 0 Å². The van der Waals surface area contributed by atoms with Gasteiger partial charge in [0.1, 0.15) is 17.1 Å². The molecule has 2 rings (SSSR count). The largest absolute Gasteiger partial charge is 0.496 e. The summed E-state index contributed by atoms with van der Waals surface area (Å²) in [6, 6.07) is 10.2. The molecule has 5 heteroatoms. The van der Waals surface area contributed by atoms with Crippen molar-refractivity contribution >= 4 is 11.8 Å². The predicted octanol–water partition coefficient (Wildman–Crippen LogP) is 3.57. The number of rotatable bonds is 5. The fraction of sp³-hybridized carbons (Fsp3) is 0.222. The summed E-state index contributed by atoms with van der Waals surface area (Å²) in [7, 11) is 1.45. The number of carbonyl (C=O) groups is 2. The molecule has 23 heavy (non-hydrogen) atoms. The van der Waals surface area contributed by atoms with Gasteiger partial charge < -0.3 is 9.47 Å². The topological polar surface area (TPSA) is 52.6 Å². The maximum Gasteiger partial charge on any atom is 0.342 e. The molecule has 0 saturated heterocycles. The zero-order chi connectivity index (χ0) is 17.0. The number of ketones is 1. The molecular formula is C18H17FO4. The van der Waals surface area contributed by atoms with Gasteiger partial charge in [0.05, 0.1) is 7.11 Å². The standard InChI is InChI=1S/C18H17FO4/c1-11-4-9-16(22-3)15(10-11)18(21)23-12(2)17(20)13-5-7-14(19)8-6-13/h4-10,12H,1-3H3/t12-/m1/s1. The van der Waals surface area contributed by atoms with Crippen LogP contribution in [-0.4, -0.2) is 25.0 Å². The summed E-state index contributed by atoms with van der Waals surface area (Å²) in [5, 5.41) is 0. The van der Waals surface area contributed by atoms with E-state index < -0.39 is 23.7 Å². The first-order valence-corrected chi connectivity index (χ1v) is 7.07. The molecule has 2 aromatic rings. The Hall–Kier alpha value is -2.69. The normalized spacial score (nSPS) is 11.7. The number of benzene rings is 2. The first-order valence-electron chi connectivity index (χ1n) is 7.07. The van der Waals surface area contributed by atoms with E-state index in [9.17, 15) is 14.0 Å². The van der Waals surface area contributed by atoms with Crippen molar-refractivity contribution in [2.75, 3.05) is 7.11 Å². The van der Waals surface area contributed by atoms with Gasteiger partial charge in [0.25, 0.3) is 0 Å². The Kier molecular flexibility index (Phi) is 5.11. The van der Waals surface area contributed by atoms with Gasteiger partial charge in [-0.3, -0.25) is 4.79 Å². The maximum absolute atomic E-state index is 12.9. The first-order chi connectivity index (χ1) is 10.9. The van der Waals surface area contributed by atoms with Gasteiger partial charge in [0.2, 0.25) is 5.78 Å². The van der Waals surface area contributed by atoms with E-state index in [1.54, 1.807) is 12.1 Å². The molecule has 0 aliphatic heterocycles. The van der Waals surface area contributed by atoms with Crippen molar-refractivity contribution in [2.24, 2.45) is 0 Å². The van der Waals surface area contributed by atoms with Crippen molar-refractivity contribution in [1.82, 2.24) is 0 Å². The highest BCUT2D eigenvalue weighted by molar-refractivity contribution is 6.01. The second-order valence-corrected chi connectivity index (χ2v) is 5.12. The molecule has 2 aromatic carbocycles. The number of methoxy groups -OCH3 is 1. The van der Waals surface area contributed by atoms with Crippen LogP contribution in [-0.2, 0) is 4.74 Å². The molecule has 0 aliphatic rings. The summed E-state index contributed by atoms with van der Waals surface area (Å²) in [5.41, 5.74) is 1.41. The Morgan fingerprint density at radius 3 is 2.35 bits per heavy atom. The third-order valence-corrected chi connectivity index (χ3v) is 3.36. The summed E-state index contributed by atoms with van der Waals surface area (Å²) in [5.74, 6) is -1.10. The molecular weight excluding hydrogens is 299 g/mol. The van der Waals surface area contributed by atoms with E-state index in [-0.39, 0.29) is 11.1 Å². The van der Waals surface area contributed by atoms with Crippen molar-refractivity contribution in [1.29, 1.82) is 0 Å². The SMILES string of the molecule is COc1ccc(C)cc1C(=O)O[C@H](C)C(=O)c1ccc(F)cc1. The third kappa shape index (κ3) is 3.94. The molecule has 0 fully saturated rings. The smallest absolute Gasteiger partial charge is 0.342 e. The Bertz CT molecular complexity index is 722. The Morgan fingerprint density at radius 2 is 1.74 bits per heavy atom. The van der Waals surface area contributed by atoms with Gasteiger partial charge in [-0.15, -0.1) is 0 Å². The van der Waals surface area contributed by atoms with Gasteiger partial charge in [-0.25, -0.2) is 9.18 Å². The summed E-state index contributed by atoms with van der Waals surface area (Å²) in [4.78, 5) is 24.5. The van der Waals surface area contributed by atoms with E-state index >= 15 is 0 Å². The second-order valence-electron chi connectivity index (χ2n) is 5.12. The van der Waals surface area contributed by atoms with E-state index in [1.165, 1.54) is 38.3 Å². The highest BCUT2D eigenvalue weighted by atomic mass is 19.1. The zero-order valence-electron chi connectivity index (χ0n) is 13.1. The molecule has 120 valence electrons. The maximum atomic E-state index is 12.9. The van der Waals surface area contributed by atoms with Gasteiger partial charge in [0, 0.05) is 5.56 Å². The quantitative estimate of drug-likeness (QED) is 0.625. The number of hydrogen-bond donors (Lipinski definition) is 0. The predicted molar refractivity (Wildman–Crippen MR) is 83.3 cm³/mol. The molecule has 0 bridgehead atoms. The molecule has 0 aromatic heterocycles. The van der Waals surface area contributed by atoms with Crippen LogP contribution in [0.25, 0.3) is 0 Å². The summed E-state index contributed by atoms with van der Waals surface area (Å²) >= 11 is 0. The van der Waals surface area contributed by atoms with Gasteiger partial charge in [-0.05, 0) is 50.2 Å². The molecule has 0 unspecified atom stereocenters. The lowest BCUT2D eigenvalue weighted by atomic mass is 10.1. The molecule has 0 spiro atoms. The van der Waals surface area contributed by atoms with Crippen LogP contribution in [0.5, 0.6) is 5.75 Å². The van der Waals surface area contributed by atoms with Crippen molar-refractivity contribution in [3.63, 3.8) is 0 Å². The highest BCUT2D eigenvalue weighted by Crippen LogP contribution is 2.21. The minimum absolute atomic E-state index is 0.256. The number of aryl methyl sites for hydroxylation is 1. The fourth-order valence-electron chi connectivity index (χ4n) is 2.11. The van der Waals surface area contributed by atoms with Gasteiger partial charge in [-0.2, -0.15) is 0 Å². The van der Waals surface area contributed by atoms with Crippen LogP contribution < -0.4 is 4.74 Å². The molecule has 0 saturated carbocycles. The van der Waals surface area contributed by atoms with E-state index in [0.29, 0.717) is 5.75 Å². The van der Waals surface area contributed by atoms with Crippen LogP contribution in [0.4, 0.5) is 4.39 Å². The summed E-state index contributed by atoms with van der Waals surface area (Å²) in [6.07, 6.45) is -0.988. The Labute approximate surface area is 133 Å². The van der Waals surface area contributed by atoms with E-state index in [4.69, 9.17) is 9.47 Å². The third-order valence-electron chi connectivity index (χ3n) is 3.36. The van der Waals surface area contributed by atoms with Gasteiger partial charge in [-0.1, -0.05) is 11.6 Å². The Balaban J connectivity index is 2.15. The lowest BCUT2D eigenvalue weighted by molar-refractivity contribution is 0.0315. The summed E-state index contributed by atoms with van der Waals surface area (Å²) in [6.45, 7) is 3.31. The van der Waals surface area contributed by atoms with Crippen LogP contribution in [0.2, 0.25) is 0 Å². The molecule has 0 heterocycles. The van der Waals surface area contributed by atoms with Crippen LogP contribution in [0.15, 0.2) is 42.5 Å². The number of halogens is 1. The average Bonchev–Trinajstić information content (AvgIpc) is 2.54. The first kappa shape index (κ1) is 16.7. The highest BCUT2D eigenvalue weighted by Gasteiger charge is 2.22. The number of hydrogen-bond acceptors (Lipinski definition) is 4.